The van der Waals surface area contributed by atoms with Gasteiger partial charge in [-0.3, -0.25) is 0 Å². The van der Waals surface area contributed by atoms with E-state index < -0.39 is 0 Å². The number of aryl methyl sites for hydroxylation is 1. The van der Waals surface area contributed by atoms with Gasteiger partial charge in [-0.2, -0.15) is 11.3 Å². The molecule has 0 radical (unpaired) electrons. The van der Waals surface area contributed by atoms with Gasteiger partial charge in [0.1, 0.15) is 0 Å². The molecule has 0 amide bonds. The normalized spacial score (nSPS) is 14.1. The molecule has 0 aliphatic heterocycles. The third kappa shape index (κ3) is 4.80. The maximum absolute atomic E-state index is 6.11. The molecule has 0 aromatic carbocycles. The van der Waals surface area contributed by atoms with Crippen LogP contribution in [-0.2, 0) is 6.42 Å². The summed E-state index contributed by atoms with van der Waals surface area (Å²) in [5.41, 5.74) is 7.84. The number of hydrogen-bond donors (Lipinski definition) is 1. The molecule has 2 N–H and O–H groups in total. The van der Waals surface area contributed by atoms with E-state index in [1.165, 1.54) is 24.8 Å². The second-order valence-corrected chi connectivity index (χ2v) is 6.13. The number of thiophene rings is 1. The summed E-state index contributed by atoms with van der Waals surface area (Å²) in [5.74, 6) is 0. The van der Waals surface area contributed by atoms with Gasteiger partial charge in [0.25, 0.3) is 0 Å². The van der Waals surface area contributed by atoms with Crippen LogP contribution >= 0.6 is 11.3 Å². The molecule has 0 saturated carbocycles. The van der Waals surface area contributed by atoms with Crippen molar-refractivity contribution in [2.24, 2.45) is 11.1 Å². The average molecular weight is 225 g/mol. The Balaban J connectivity index is 2.12. The van der Waals surface area contributed by atoms with Gasteiger partial charge in [0.05, 0.1) is 0 Å². The maximum Gasteiger partial charge on any atom is 0.00876 e. The smallest absolute Gasteiger partial charge is 0.00876 e. The van der Waals surface area contributed by atoms with E-state index >= 15 is 0 Å². The van der Waals surface area contributed by atoms with Crippen molar-refractivity contribution < 1.29 is 0 Å². The van der Waals surface area contributed by atoms with Gasteiger partial charge in [-0.1, -0.05) is 27.2 Å². The highest BCUT2D eigenvalue weighted by Crippen LogP contribution is 2.21. The van der Waals surface area contributed by atoms with Crippen LogP contribution < -0.4 is 5.73 Å². The van der Waals surface area contributed by atoms with Crippen LogP contribution in [0.4, 0.5) is 0 Å². The van der Waals surface area contributed by atoms with E-state index in [9.17, 15) is 0 Å². The first-order chi connectivity index (χ1) is 7.00. The Morgan fingerprint density at radius 2 is 2.07 bits per heavy atom. The van der Waals surface area contributed by atoms with Crippen molar-refractivity contribution in [3.05, 3.63) is 22.4 Å². The summed E-state index contributed by atoms with van der Waals surface area (Å²) < 4.78 is 0. The highest BCUT2D eigenvalue weighted by Gasteiger charge is 2.19. The van der Waals surface area contributed by atoms with E-state index in [0.717, 1.165) is 6.42 Å². The number of rotatable bonds is 5. The molecule has 0 saturated heterocycles. The third-order valence-electron chi connectivity index (χ3n) is 2.92. The van der Waals surface area contributed by atoms with E-state index in [4.69, 9.17) is 5.73 Å². The molecule has 1 heterocycles. The summed E-state index contributed by atoms with van der Waals surface area (Å²) in [6.45, 7) is 6.66. The van der Waals surface area contributed by atoms with Crippen molar-refractivity contribution in [1.29, 1.82) is 0 Å². The van der Waals surface area contributed by atoms with Crippen LogP contribution in [0.2, 0.25) is 0 Å². The van der Waals surface area contributed by atoms with Gasteiger partial charge < -0.3 is 5.73 Å². The minimum atomic E-state index is 0.252. The fourth-order valence-corrected chi connectivity index (χ4v) is 2.26. The fourth-order valence-electron chi connectivity index (χ4n) is 1.56. The van der Waals surface area contributed by atoms with E-state index in [-0.39, 0.29) is 5.41 Å². The highest BCUT2D eigenvalue weighted by molar-refractivity contribution is 7.07. The van der Waals surface area contributed by atoms with Crippen molar-refractivity contribution in [2.75, 3.05) is 0 Å². The number of nitrogens with two attached hydrogens (primary N) is 1. The topological polar surface area (TPSA) is 26.0 Å². The van der Waals surface area contributed by atoms with Gasteiger partial charge in [0.2, 0.25) is 0 Å². The molecule has 0 bridgehead atoms. The Kier molecular flexibility index (Phi) is 4.81. The quantitative estimate of drug-likeness (QED) is 0.757. The van der Waals surface area contributed by atoms with Gasteiger partial charge in [-0.25, -0.2) is 0 Å². The summed E-state index contributed by atoms with van der Waals surface area (Å²) in [6.07, 6.45) is 4.86. The molecular weight excluding hydrogens is 202 g/mol. The average Bonchev–Trinajstić information content (AvgIpc) is 2.63. The lowest BCUT2D eigenvalue weighted by atomic mass is 9.84. The largest absolute Gasteiger partial charge is 0.327 e. The molecule has 86 valence electrons. The zero-order valence-electron chi connectivity index (χ0n) is 10.1. The molecule has 1 aromatic rings. The molecule has 2 heteroatoms. The molecule has 1 atom stereocenters. The van der Waals surface area contributed by atoms with Crippen LogP contribution in [0, 0.1) is 5.41 Å². The van der Waals surface area contributed by atoms with Crippen molar-refractivity contribution in [1.82, 2.24) is 0 Å². The van der Waals surface area contributed by atoms with Gasteiger partial charge >= 0.3 is 0 Å². The molecule has 1 unspecified atom stereocenters. The lowest BCUT2D eigenvalue weighted by Crippen LogP contribution is -2.34. The lowest BCUT2D eigenvalue weighted by molar-refractivity contribution is 0.299. The SMILES string of the molecule is CC(C)(C)C(N)CCCCc1ccsc1. The Labute approximate surface area is 97.7 Å². The Morgan fingerprint density at radius 1 is 1.33 bits per heavy atom. The summed E-state index contributed by atoms with van der Waals surface area (Å²) in [6, 6.07) is 2.55. The Bertz CT molecular complexity index is 259. The summed E-state index contributed by atoms with van der Waals surface area (Å²) in [4.78, 5) is 0. The summed E-state index contributed by atoms with van der Waals surface area (Å²) in [7, 11) is 0. The van der Waals surface area contributed by atoms with E-state index in [1.807, 2.05) is 0 Å². The summed E-state index contributed by atoms with van der Waals surface area (Å²) >= 11 is 1.78. The van der Waals surface area contributed by atoms with Gasteiger partial charge in [0.15, 0.2) is 0 Å². The molecule has 1 aromatic heterocycles. The van der Waals surface area contributed by atoms with Gasteiger partial charge in [0, 0.05) is 6.04 Å². The third-order valence-corrected chi connectivity index (χ3v) is 3.66. The van der Waals surface area contributed by atoms with Gasteiger partial charge in [-0.15, -0.1) is 0 Å². The second kappa shape index (κ2) is 5.66. The van der Waals surface area contributed by atoms with Crippen LogP contribution in [0.25, 0.3) is 0 Å². The molecule has 0 spiro atoms. The van der Waals surface area contributed by atoms with E-state index in [0.29, 0.717) is 6.04 Å². The first kappa shape index (κ1) is 12.7. The molecule has 15 heavy (non-hydrogen) atoms. The fraction of sp³-hybridized carbons (Fsp3) is 0.692. The lowest BCUT2D eigenvalue weighted by Gasteiger charge is -2.26. The van der Waals surface area contributed by atoms with E-state index in [1.54, 1.807) is 11.3 Å². The molecule has 0 aliphatic carbocycles. The van der Waals surface area contributed by atoms with Crippen LogP contribution in [0.15, 0.2) is 16.8 Å². The number of unbranched alkanes of at least 4 members (excludes halogenated alkanes) is 1. The standard InChI is InChI=1S/C13H23NS/c1-13(2,3)12(14)7-5-4-6-11-8-9-15-10-11/h8-10,12H,4-7,14H2,1-3H3. The predicted molar refractivity (Wildman–Crippen MR) is 69.3 cm³/mol. The maximum atomic E-state index is 6.11. The van der Waals surface area contributed by atoms with Crippen molar-refractivity contribution in [3.8, 4) is 0 Å². The van der Waals surface area contributed by atoms with Crippen molar-refractivity contribution >= 4 is 11.3 Å². The molecule has 1 nitrogen and oxygen atoms in total. The van der Waals surface area contributed by atoms with Crippen molar-refractivity contribution in [2.45, 2.75) is 52.5 Å². The first-order valence-corrected chi connectivity index (χ1v) is 6.71. The monoisotopic (exact) mass is 225 g/mol. The molecule has 0 aliphatic rings. The zero-order chi connectivity index (χ0) is 11.3. The highest BCUT2D eigenvalue weighted by atomic mass is 32.1. The second-order valence-electron chi connectivity index (χ2n) is 5.35. The minimum Gasteiger partial charge on any atom is -0.327 e. The molecule has 0 fully saturated rings. The van der Waals surface area contributed by atoms with Crippen LogP contribution in [0.3, 0.4) is 0 Å². The van der Waals surface area contributed by atoms with Crippen LogP contribution in [-0.4, -0.2) is 6.04 Å². The first-order valence-electron chi connectivity index (χ1n) is 5.77. The predicted octanol–water partition coefficient (Wildman–Crippen LogP) is 3.83. The minimum absolute atomic E-state index is 0.252. The van der Waals surface area contributed by atoms with E-state index in [2.05, 4.69) is 37.6 Å². The zero-order valence-corrected chi connectivity index (χ0v) is 10.9. The Hall–Kier alpha value is -0.340. The molecular formula is C13H23NS. The molecule has 1 rings (SSSR count). The number of hydrogen-bond acceptors (Lipinski definition) is 2. The summed E-state index contributed by atoms with van der Waals surface area (Å²) in [5, 5.41) is 4.39. The van der Waals surface area contributed by atoms with Crippen LogP contribution in [0.1, 0.15) is 45.6 Å². The van der Waals surface area contributed by atoms with Gasteiger partial charge in [-0.05, 0) is 47.1 Å². The van der Waals surface area contributed by atoms with Crippen molar-refractivity contribution in [3.63, 3.8) is 0 Å². The van der Waals surface area contributed by atoms with Crippen LogP contribution in [0.5, 0.6) is 0 Å². The Morgan fingerprint density at radius 3 is 2.60 bits per heavy atom.